The molecule has 0 aromatic carbocycles. The molecule has 0 saturated heterocycles. The topological polar surface area (TPSA) is 29.1 Å². The first-order valence-electron chi connectivity index (χ1n) is 5.47. The van der Waals surface area contributed by atoms with Crippen molar-refractivity contribution in [1.82, 2.24) is 5.32 Å². The standard InChI is InChI=1S/C11H23NO/c1-3-4-5-6-7-8-9-11(13)10-12-2/h12H,3-10H2,1-2H3. The maximum Gasteiger partial charge on any atom is 0.146 e. The van der Waals surface area contributed by atoms with E-state index in [-0.39, 0.29) is 0 Å². The zero-order chi connectivity index (χ0) is 9.94. The van der Waals surface area contributed by atoms with Crippen LogP contribution in [-0.4, -0.2) is 19.4 Å². The molecule has 0 aromatic rings. The molecular weight excluding hydrogens is 162 g/mol. The van der Waals surface area contributed by atoms with Gasteiger partial charge in [-0.2, -0.15) is 0 Å². The summed E-state index contributed by atoms with van der Waals surface area (Å²) in [6, 6.07) is 0. The molecule has 0 bridgehead atoms. The third-order valence-electron chi connectivity index (χ3n) is 2.18. The summed E-state index contributed by atoms with van der Waals surface area (Å²) in [7, 11) is 1.82. The van der Waals surface area contributed by atoms with Gasteiger partial charge in [0.05, 0.1) is 6.54 Å². The van der Waals surface area contributed by atoms with Gasteiger partial charge in [-0.05, 0) is 13.5 Å². The molecule has 0 atom stereocenters. The Morgan fingerprint density at radius 2 is 1.69 bits per heavy atom. The molecule has 0 aliphatic carbocycles. The molecule has 78 valence electrons. The highest BCUT2D eigenvalue weighted by Gasteiger charge is 1.98. The van der Waals surface area contributed by atoms with Crippen LogP contribution in [-0.2, 0) is 4.79 Å². The molecule has 0 fully saturated rings. The molecule has 2 nitrogen and oxygen atoms in total. The Kier molecular flexibility index (Phi) is 9.44. The molecule has 1 N–H and O–H groups in total. The largest absolute Gasteiger partial charge is 0.313 e. The number of carbonyl (C=O) groups excluding carboxylic acids is 1. The van der Waals surface area contributed by atoms with Crippen LogP contribution in [0, 0.1) is 0 Å². The Bertz CT molecular complexity index is 123. The summed E-state index contributed by atoms with van der Waals surface area (Å²) in [6.07, 6.45) is 8.30. The highest BCUT2D eigenvalue weighted by Crippen LogP contribution is 2.06. The number of hydrogen-bond acceptors (Lipinski definition) is 2. The van der Waals surface area contributed by atoms with Crippen molar-refractivity contribution in [1.29, 1.82) is 0 Å². The smallest absolute Gasteiger partial charge is 0.146 e. The maximum absolute atomic E-state index is 11.1. The molecule has 0 amide bonds. The molecule has 0 aliphatic heterocycles. The fraction of sp³-hybridized carbons (Fsp3) is 0.909. The van der Waals surface area contributed by atoms with Gasteiger partial charge < -0.3 is 5.32 Å². The van der Waals surface area contributed by atoms with Crippen molar-refractivity contribution < 1.29 is 4.79 Å². The first-order chi connectivity index (χ1) is 6.31. The summed E-state index contributed by atoms with van der Waals surface area (Å²) in [6.45, 7) is 2.76. The van der Waals surface area contributed by atoms with E-state index in [0.717, 1.165) is 12.8 Å². The third-order valence-corrected chi connectivity index (χ3v) is 2.18. The number of likely N-dealkylation sites (N-methyl/N-ethyl adjacent to an activating group) is 1. The van der Waals surface area contributed by atoms with Gasteiger partial charge in [-0.25, -0.2) is 0 Å². The summed E-state index contributed by atoms with van der Waals surface area (Å²) in [5.41, 5.74) is 0. The van der Waals surface area contributed by atoms with Crippen LogP contribution >= 0.6 is 0 Å². The highest BCUT2D eigenvalue weighted by atomic mass is 16.1. The average molecular weight is 185 g/mol. The Morgan fingerprint density at radius 1 is 1.08 bits per heavy atom. The van der Waals surface area contributed by atoms with Crippen LogP contribution in [0.15, 0.2) is 0 Å². The number of Topliss-reactive ketones (excluding diaryl/α,β-unsaturated/α-hetero) is 1. The molecule has 0 heterocycles. The summed E-state index contributed by atoms with van der Waals surface area (Å²) >= 11 is 0. The number of carbonyl (C=O) groups is 1. The van der Waals surface area contributed by atoms with Gasteiger partial charge in [0.15, 0.2) is 0 Å². The first-order valence-corrected chi connectivity index (χ1v) is 5.47. The quantitative estimate of drug-likeness (QED) is 0.559. The molecule has 0 rings (SSSR count). The van der Waals surface area contributed by atoms with E-state index >= 15 is 0 Å². The normalized spacial score (nSPS) is 10.3. The van der Waals surface area contributed by atoms with E-state index in [1.54, 1.807) is 0 Å². The Balaban J connectivity index is 3.02. The minimum atomic E-state index is 0.345. The van der Waals surface area contributed by atoms with Crippen molar-refractivity contribution >= 4 is 5.78 Å². The van der Waals surface area contributed by atoms with Crippen LogP contribution in [0.5, 0.6) is 0 Å². The van der Waals surface area contributed by atoms with Gasteiger partial charge in [-0.15, -0.1) is 0 Å². The van der Waals surface area contributed by atoms with E-state index in [9.17, 15) is 4.79 Å². The third kappa shape index (κ3) is 9.54. The number of rotatable bonds is 9. The lowest BCUT2D eigenvalue weighted by atomic mass is 10.1. The second kappa shape index (κ2) is 9.72. The molecule has 0 radical (unpaired) electrons. The van der Waals surface area contributed by atoms with Crippen LogP contribution in [0.3, 0.4) is 0 Å². The van der Waals surface area contributed by atoms with Crippen molar-refractivity contribution in [2.45, 2.75) is 51.9 Å². The summed E-state index contributed by atoms with van der Waals surface area (Å²) in [4.78, 5) is 11.1. The van der Waals surface area contributed by atoms with Gasteiger partial charge in [-0.1, -0.05) is 39.0 Å². The molecule has 0 unspecified atom stereocenters. The number of nitrogens with one attached hydrogen (secondary N) is 1. The van der Waals surface area contributed by atoms with E-state index in [4.69, 9.17) is 0 Å². The SMILES string of the molecule is CCCCCCCCC(=O)CNC. The first kappa shape index (κ1) is 12.6. The molecule has 0 spiro atoms. The zero-order valence-corrected chi connectivity index (χ0v) is 9.07. The lowest BCUT2D eigenvalue weighted by Gasteiger charge is -2.00. The summed E-state index contributed by atoms with van der Waals surface area (Å²) in [5, 5.41) is 2.88. The maximum atomic E-state index is 11.1. The van der Waals surface area contributed by atoms with Crippen molar-refractivity contribution in [3.63, 3.8) is 0 Å². The zero-order valence-electron chi connectivity index (χ0n) is 9.07. The van der Waals surface area contributed by atoms with E-state index < -0.39 is 0 Å². The fourth-order valence-electron chi connectivity index (χ4n) is 1.39. The summed E-state index contributed by atoms with van der Waals surface area (Å²) in [5.74, 6) is 0.345. The second-order valence-corrected chi connectivity index (χ2v) is 3.59. The van der Waals surface area contributed by atoms with Crippen LogP contribution in [0.1, 0.15) is 51.9 Å². The van der Waals surface area contributed by atoms with Crippen molar-refractivity contribution in [3.8, 4) is 0 Å². The van der Waals surface area contributed by atoms with E-state index in [2.05, 4.69) is 12.2 Å². The molecule has 0 aromatic heterocycles. The lowest BCUT2D eigenvalue weighted by molar-refractivity contribution is -0.118. The van der Waals surface area contributed by atoms with Gasteiger partial charge in [0, 0.05) is 6.42 Å². The molecule has 13 heavy (non-hydrogen) atoms. The van der Waals surface area contributed by atoms with Gasteiger partial charge in [0.25, 0.3) is 0 Å². The van der Waals surface area contributed by atoms with E-state index in [1.807, 2.05) is 7.05 Å². The molecule has 0 saturated carbocycles. The van der Waals surface area contributed by atoms with Crippen LogP contribution in [0.2, 0.25) is 0 Å². The van der Waals surface area contributed by atoms with Crippen molar-refractivity contribution in [2.24, 2.45) is 0 Å². The van der Waals surface area contributed by atoms with Gasteiger partial charge in [-0.3, -0.25) is 4.79 Å². The lowest BCUT2D eigenvalue weighted by Crippen LogP contribution is -2.17. The van der Waals surface area contributed by atoms with Gasteiger partial charge >= 0.3 is 0 Å². The Morgan fingerprint density at radius 3 is 2.31 bits per heavy atom. The fourth-order valence-corrected chi connectivity index (χ4v) is 1.39. The summed E-state index contributed by atoms with van der Waals surface area (Å²) < 4.78 is 0. The minimum Gasteiger partial charge on any atom is -0.313 e. The second-order valence-electron chi connectivity index (χ2n) is 3.59. The number of unbranched alkanes of at least 4 members (excludes halogenated alkanes) is 5. The Labute approximate surface area is 82.1 Å². The van der Waals surface area contributed by atoms with Crippen molar-refractivity contribution in [3.05, 3.63) is 0 Å². The molecule has 0 aliphatic rings. The monoisotopic (exact) mass is 185 g/mol. The molecular formula is C11H23NO. The van der Waals surface area contributed by atoms with E-state index in [0.29, 0.717) is 12.3 Å². The minimum absolute atomic E-state index is 0.345. The highest BCUT2D eigenvalue weighted by molar-refractivity contribution is 5.80. The van der Waals surface area contributed by atoms with Crippen molar-refractivity contribution in [2.75, 3.05) is 13.6 Å². The number of ketones is 1. The van der Waals surface area contributed by atoms with E-state index in [1.165, 1.54) is 32.1 Å². The predicted octanol–water partition coefficient (Wildman–Crippen LogP) is 2.53. The van der Waals surface area contributed by atoms with Gasteiger partial charge in [0.2, 0.25) is 0 Å². The van der Waals surface area contributed by atoms with Gasteiger partial charge in [0.1, 0.15) is 5.78 Å². The van der Waals surface area contributed by atoms with Crippen LogP contribution in [0.25, 0.3) is 0 Å². The average Bonchev–Trinajstić information content (AvgIpc) is 2.11. The number of hydrogen-bond donors (Lipinski definition) is 1. The molecule has 2 heteroatoms. The van der Waals surface area contributed by atoms with Crippen LogP contribution < -0.4 is 5.32 Å². The predicted molar refractivity (Wildman–Crippen MR) is 56.9 cm³/mol. The Hall–Kier alpha value is -0.370. The van der Waals surface area contributed by atoms with Crippen LogP contribution in [0.4, 0.5) is 0 Å².